The summed E-state index contributed by atoms with van der Waals surface area (Å²) in [6.07, 6.45) is -1.33. The van der Waals surface area contributed by atoms with Crippen LogP contribution in [0.1, 0.15) is 46.4 Å². The normalized spacial score (nSPS) is 21.6. The Morgan fingerprint density at radius 2 is 2.03 bits per heavy atom. The van der Waals surface area contributed by atoms with Crippen molar-refractivity contribution in [3.05, 3.63) is 12.2 Å². The lowest BCUT2D eigenvalue weighted by atomic mass is 9.95. The average molecular weight is 424 g/mol. The van der Waals surface area contributed by atoms with Gasteiger partial charge >= 0.3 is 0 Å². The van der Waals surface area contributed by atoms with Crippen molar-refractivity contribution >= 4 is 29.2 Å². The molecule has 9 nitrogen and oxygen atoms in total. The Hall–Kier alpha value is -2.69. The van der Waals surface area contributed by atoms with Crippen molar-refractivity contribution in [3.8, 4) is 0 Å². The smallest absolute Gasteiger partial charge is 0.295 e. The van der Waals surface area contributed by atoms with Crippen LogP contribution < -0.4 is 5.32 Å². The largest absolute Gasteiger partial charge is 0.372 e. The summed E-state index contributed by atoms with van der Waals surface area (Å²) in [4.78, 5) is 38.6. The highest BCUT2D eigenvalue weighted by atomic mass is 19.3. The molecule has 0 bridgehead atoms. The number of alkyl halides is 2. The molecule has 0 spiro atoms. The molecule has 3 unspecified atom stereocenters. The minimum atomic E-state index is -2.79. The van der Waals surface area contributed by atoms with Gasteiger partial charge in [0.15, 0.2) is 22.8 Å². The highest BCUT2D eigenvalue weighted by Gasteiger charge is 2.40. The number of anilines is 1. The van der Waals surface area contributed by atoms with E-state index in [4.69, 9.17) is 4.74 Å². The number of nitrogens with one attached hydrogen (secondary N) is 1. The monoisotopic (exact) mass is 424 g/mol. The van der Waals surface area contributed by atoms with Crippen molar-refractivity contribution in [2.24, 2.45) is 0 Å². The van der Waals surface area contributed by atoms with E-state index in [1.807, 2.05) is 13.8 Å². The summed E-state index contributed by atoms with van der Waals surface area (Å²) in [7, 11) is 0. The van der Waals surface area contributed by atoms with E-state index >= 15 is 0 Å². The van der Waals surface area contributed by atoms with Crippen molar-refractivity contribution in [1.29, 1.82) is 0 Å². The molecule has 1 amide bonds. The van der Waals surface area contributed by atoms with E-state index in [0.717, 1.165) is 0 Å². The van der Waals surface area contributed by atoms with Crippen LogP contribution in [0, 0.1) is 0 Å². The van der Waals surface area contributed by atoms with E-state index in [1.165, 1.54) is 10.9 Å². The third kappa shape index (κ3) is 4.11. The number of aromatic nitrogens is 4. The number of aryl methyl sites for hydroxylation is 1. The molecule has 2 aromatic rings. The van der Waals surface area contributed by atoms with Gasteiger partial charge in [0, 0.05) is 26.1 Å². The average Bonchev–Trinajstić information content (AvgIpc) is 3.07. The standard InChI is InChI=1S/C19H26F2N6O3/c1-5-27-16-13(24-17(27)14(20)21)15(22-10-23-16)25-19(4,6-7-28)18(29)26-8-11(2)30-12(3)9-26/h7,10-12,14H,5-6,8-9H2,1-4H3,(H,22,23,25). The Labute approximate surface area is 172 Å². The minimum absolute atomic E-state index is 0.126. The predicted molar refractivity (Wildman–Crippen MR) is 105 cm³/mol. The molecule has 3 rings (SSSR count). The summed E-state index contributed by atoms with van der Waals surface area (Å²) < 4.78 is 33.8. The lowest BCUT2D eigenvalue weighted by Gasteiger charge is -2.40. The fourth-order valence-electron chi connectivity index (χ4n) is 3.84. The summed E-state index contributed by atoms with van der Waals surface area (Å²) in [6, 6.07) is 0. The van der Waals surface area contributed by atoms with Gasteiger partial charge in [-0.2, -0.15) is 0 Å². The quantitative estimate of drug-likeness (QED) is 0.680. The number of imidazole rings is 1. The molecule has 0 aliphatic carbocycles. The Balaban J connectivity index is 1.99. The maximum atomic E-state index is 13.4. The molecule has 1 aliphatic heterocycles. The van der Waals surface area contributed by atoms with Crippen molar-refractivity contribution in [2.75, 3.05) is 18.4 Å². The molecule has 30 heavy (non-hydrogen) atoms. The van der Waals surface area contributed by atoms with Gasteiger partial charge in [-0.1, -0.05) is 0 Å². The Bertz CT molecular complexity index is 926. The molecule has 1 saturated heterocycles. The van der Waals surface area contributed by atoms with Crippen LogP contribution in [0.2, 0.25) is 0 Å². The van der Waals surface area contributed by atoms with Crippen LogP contribution in [0.5, 0.6) is 0 Å². The number of rotatable bonds is 7. The van der Waals surface area contributed by atoms with Gasteiger partial charge in [0.1, 0.15) is 18.2 Å². The molecular formula is C19H26F2N6O3. The number of halogens is 2. The van der Waals surface area contributed by atoms with Gasteiger partial charge in [-0.3, -0.25) is 4.79 Å². The van der Waals surface area contributed by atoms with Gasteiger partial charge in [0.05, 0.1) is 12.2 Å². The number of amides is 1. The summed E-state index contributed by atoms with van der Waals surface area (Å²) >= 11 is 0. The van der Waals surface area contributed by atoms with Crippen molar-refractivity contribution in [2.45, 2.75) is 64.8 Å². The fraction of sp³-hybridized carbons (Fsp3) is 0.632. The van der Waals surface area contributed by atoms with E-state index in [-0.39, 0.29) is 48.1 Å². The first-order valence-corrected chi connectivity index (χ1v) is 9.86. The van der Waals surface area contributed by atoms with Crippen LogP contribution in [0.4, 0.5) is 14.6 Å². The first-order valence-electron chi connectivity index (χ1n) is 9.86. The van der Waals surface area contributed by atoms with E-state index in [0.29, 0.717) is 19.4 Å². The Kier molecular flexibility index (Phi) is 6.30. The third-order valence-electron chi connectivity index (χ3n) is 5.14. The topological polar surface area (TPSA) is 102 Å². The summed E-state index contributed by atoms with van der Waals surface area (Å²) in [5.74, 6) is -0.594. The molecular weight excluding hydrogens is 398 g/mol. The molecule has 1 N–H and O–H groups in total. The summed E-state index contributed by atoms with van der Waals surface area (Å²) in [5.41, 5.74) is -0.969. The number of carbonyl (C=O) groups excluding carboxylic acids is 2. The molecule has 3 heterocycles. The molecule has 0 aromatic carbocycles. The van der Waals surface area contributed by atoms with Crippen LogP contribution in [-0.4, -0.2) is 67.4 Å². The second kappa shape index (κ2) is 8.58. The zero-order chi connectivity index (χ0) is 22.1. The van der Waals surface area contributed by atoms with Gasteiger partial charge in [0.25, 0.3) is 6.43 Å². The highest BCUT2D eigenvalue weighted by Crippen LogP contribution is 2.29. The predicted octanol–water partition coefficient (Wildman–Crippen LogP) is 2.18. The molecule has 0 saturated carbocycles. The SMILES string of the molecule is CCn1c(C(F)F)nc2c(NC(C)(CC=O)C(=O)N3CC(C)OC(C)C3)ncnc21. The van der Waals surface area contributed by atoms with Gasteiger partial charge in [-0.25, -0.2) is 23.7 Å². The third-order valence-corrected chi connectivity index (χ3v) is 5.14. The van der Waals surface area contributed by atoms with E-state index < -0.39 is 17.8 Å². The van der Waals surface area contributed by atoms with Gasteiger partial charge in [-0.05, 0) is 27.7 Å². The molecule has 164 valence electrons. The van der Waals surface area contributed by atoms with Gasteiger partial charge < -0.3 is 24.3 Å². The molecule has 1 fully saturated rings. The molecule has 2 aromatic heterocycles. The summed E-state index contributed by atoms with van der Waals surface area (Å²) in [5, 5.41) is 2.99. The number of nitrogens with zero attached hydrogens (tertiary/aromatic N) is 5. The lowest BCUT2D eigenvalue weighted by Crippen LogP contribution is -2.58. The number of hydrogen-bond acceptors (Lipinski definition) is 7. The first kappa shape index (κ1) is 22.0. The Morgan fingerprint density at radius 3 is 2.60 bits per heavy atom. The second-order valence-corrected chi connectivity index (χ2v) is 7.70. The zero-order valence-electron chi connectivity index (χ0n) is 17.4. The van der Waals surface area contributed by atoms with Crippen LogP contribution in [0.15, 0.2) is 6.33 Å². The van der Waals surface area contributed by atoms with Gasteiger partial charge in [0.2, 0.25) is 5.91 Å². The van der Waals surface area contributed by atoms with Crippen LogP contribution in [-0.2, 0) is 20.9 Å². The molecule has 1 aliphatic rings. The first-order chi connectivity index (χ1) is 14.2. The van der Waals surface area contributed by atoms with Crippen molar-refractivity contribution in [1.82, 2.24) is 24.4 Å². The van der Waals surface area contributed by atoms with Crippen molar-refractivity contribution in [3.63, 3.8) is 0 Å². The number of carbonyl (C=O) groups is 2. The Morgan fingerprint density at radius 1 is 1.37 bits per heavy atom. The summed E-state index contributed by atoms with van der Waals surface area (Å²) in [6.45, 7) is 8.07. The van der Waals surface area contributed by atoms with Crippen LogP contribution >= 0.6 is 0 Å². The van der Waals surface area contributed by atoms with E-state index in [2.05, 4.69) is 20.3 Å². The lowest BCUT2D eigenvalue weighted by molar-refractivity contribution is -0.148. The number of fused-ring (bicyclic) bond motifs is 1. The number of aldehydes is 1. The number of morpholine rings is 1. The highest BCUT2D eigenvalue weighted by molar-refractivity contribution is 5.94. The van der Waals surface area contributed by atoms with E-state index in [9.17, 15) is 18.4 Å². The molecule has 3 atom stereocenters. The minimum Gasteiger partial charge on any atom is -0.372 e. The van der Waals surface area contributed by atoms with Crippen LogP contribution in [0.25, 0.3) is 11.2 Å². The fourth-order valence-corrected chi connectivity index (χ4v) is 3.84. The maximum absolute atomic E-state index is 13.4. The molecule has 0 radical (unpaired) electrons. The molecule has 11 heteroatoms. The van der Waals surface area contributed by atoms with Crippen molar-refractivity contribution < 1.29 is 23.1 Å². The van der Waals surface area contributed by atoms with Gasteiger partial charge in [-0.15, -0.1) is 0 Å². The van der Waals surface area contributed by atoms with E-state index in [1.54, 1.807) is 18.7 Å². The number of ether oxygens (including phenoxy) is 1. The second-order valence-electron chi connectivity index (χ2n) is 7.70. The number of hydrogen-bond donors (Lipinski definition) is 1. The zero-order valence-corrected chi connectivity index (χ0v) is 17.4. The van der Waals surface area contributed by atoms with Crippen LogP contribution in [0.3, 0.4) is 0 Å². The maximum Gasteiger partial charge on any atom is 0.295 e.